The number of carboxylic acids is 1. The first kappa shape index (κ1) is 23.4. The standard InChI is InChI=1S/C28H36N2O3/c1-2-3-4-9-16-30-21-25(23-10-5-7-12-26(23)30)22-14-17-29(18-15-22)19-20-33-27-13-8-6-11-24(27)28(31)32/h5-8,10-13,21-22H,2-4,9,14-20H2,1H3,(H,31,32). The molecule has 0 atom stereocenters. The molecule has 33 heavy (non-hydrogen) atoms. The average Bonchev–Trinajstić information content (AvgIpc) is 3.21. The van der Waals surface area contributed by atoms with Gasteiger partial charge in [-0.25, -0.2) is 4.79 Å². The summed E-state index contributed by atoms with van der Waals surface area (Å²) in [6.45, 7) is 6.78. The Kier molecular flexibility index (Phi) is 8.05. The molecule has 176 valence electrons. The number of nitrogens with zero attached hydrogens (tertiary/aromatic N) is 2. The van der Waals surface area contributed by atoms with Gasteiger partial charge in [0.1, 0.15) is 17.9 Å². The monoisotopic (exact) mass is 448 g/mol. The Labute approximate surface area is 197 Å². The van der Waals surface area contributed by atoms with E-state index in [2.05, 4.69) is 46.9 Å². The van der Waals surface area contributed by atoms with Gasteiger partial charge >= 0.3 is 5.97 Å². The van der Waals surface area contributed by atoms with Gasteiger partial charge in [0.05, 0.1) is 0 Å². The average molecular weight is 449 g/mol. The first-order valence-corrected chi connectivity index (χ1v) is 12.4. The number of aromatic nitrogens is 1. The van der Waals surface area contributed by atoms with Gasteiger partial charge in [-0.15, -0.1) is 0 Å². The van der Waals surface area contributed by atoms with Crippen LogP contribution in [0.15, 0.2) is 54.7 Å². The molecular formula is C28H36N2O3. The van der Waals surface area contributed by atoms with Crippen LogP contribution in [0.3, 0.4) is 0 Å². The lowest BCUT2D eigenvalue weighted by Crippen LogP contribution is -2.35. The minimum absolute atomic E-state index is 0.224. The summed E-state index contributed by atoms with van der Waals surface area (Å²) in [5.41, 5.74) is 3.10. The van der Waals surface area contributed by atoms with Gasteiger partial charge in [-0.05, 0) is 62.0 Å². The molecule has 0 radical (unpaired) electrons. The summed E-state index contributed by atoms with van der Waals surface area (Å²) in [6, 6.07) is 15.7. The first-order chi connectivity index (χ1) is 16.2. The lowest BCUT2D eigenvalue weighted by Gasteiger charge is -2.31. The van der Waals surface area contributed by atoms with E-state index in [1.165, 1.54) is 42.1 Å². The maximum Gasteiger partial charge on any atom is 0.339 e. The van der Waals surface area contributed by atoms with Gasteiger partial charge in [0.25, 0.3) is 0 Å². The lowest BCUT2D eigenvalue weighted by atomic mass is 9.89. The van der Waals surface area contributed by atoms with Gasteiger partial charge in [-0.3, -0.25) is 4.90 Å². The fourth-order valence-electron chi connectivity index (χ4n) is 5.02. The van der Waals surface area contributed by atoms with Gasteiger partial charge in [-0.1, -0.05) is 56.5 Å². The quantitative estimate of drug-likeness (QED) is 0.356. The zero-order valence-corrected chi connectivity index (χ0v) is 19.7. The fourth-order valence-corrected chi connectivity index (χ4v) is 5.02. The predicted octanol–water partition coefficient (Wildman–Crippen LogP) is 6.18. The van der Waals surface area contributed by atoms with Gasteiger partial charge in [0.2, 0.25) is 0 Å². The number of carboxylic acid groups (broad SMARTS) is 1. The van der Waals surface area contributed by atoms with Crippen molar-refractivity contribution in [3.05, 3.63) is 65.9 Å². The van der Waals surface area contributed by atoms with Crippen LogP contribution in [0, 0.1) is 0 Å². The van der Waals surface area contributed by atoms with E-state index in [-0.39, 0.29) is 5.56 Å². The van der Waals surface area contributed by atoms with E-state index in [0.29, 0.717) is 18.3 Å². The first-order valence-electron chi connectivity index (χ1n) is 12.4. The van der Waals surface area contributed by atoms with Crippen LogP contribution >= 0.6 is 0 Å². The number of piperidine rings is 1. The molecule has 3 aromatic rings. The number of para-hydroxylation sites is 2. The van der Waals surface area contributed by atoms with Crippen molar-refractivity contribution in [2.75, 3.05) is 26.2 Å². The summed E-state index contributed by atoms with van der Waals surface area (Å²) < 4.78 is 8.28. The highest BCUT2D eigenvalue weighted by Crippen LogP contribution is 2.34. The molecule has 1 aliphatic heterocycles. The predicted molar refractivity (Wildman–Crippen MR) is 133 cm³/mol. The molecule has 0 saturated carbocycles. The van der Waals surface area contributed by atoms with Crippen molar-refractivity contribution in [2.45, 2.75) is 57.9 Å². The molecule has 2 aromatic carbocycles. The third kappa shape index (κ3) is 5.77. The highest BCUT2D eigenvalue weighted by molar-refractivity contribution is 5.90. The molecular weight excluding hydrogens is 412 g/mol. The molecule has 0 spiro atoms. The highest BCUT2D eigenvalue weighted by Gasteiger charge is 2.23. The van der Waals surface area contributed by atoms with E-state index >= 15 is 0 Å². The number of aryl methyl sites for hydroxylation is 1. The number of aromatic carboxylic acids is 1. The van der Waals surface area contributed by atoms with E-state index in [4.69, 9.17) is 4.74 Å². The molecule has 1 N–H and O–H groups in total. The van der Waals surface area contributed by atoms with Crippen LogP contribution in [0.2, 0.25) is 0 Å². The molecule has 1 saturated heterocycles. The van der Waals surface area contributed by atoms with Crippen LogP contribution in [0.25, 0.3) is 10.9 Å². The molecule has 1 fully saturated rings. The van der Waals surface area contributed by atoms with Gasteiger partial charge in [0, 0.05) is 30.2 Å². The van der Waals surface area contributed by atoms with E-state index in [1.54, 1.807) is 18.2 Å². The van der Waals surface area contributed by atoms with Gasteiger partial charge in [-0.2, -0.15) is 0 Å². The van der Waals surface area contributed by atoms with Gasteiger partial charge in [0.15, 0.2) is 0 Å². The van der Waals surface area contributed by atoms with Crippen LogP contribution in [-0.4, -0.2) is 46.8 Å². The number of hydrogen-bond acceptors (Lipinski definition) is 3. The second-order valence-electron chi connectivity index (χ2n) is 9.12. The number of carbonyl (C=O) groups is 1. The third-order valence-corrected chi connectivity index (χ3v) is 6.88. The summed E-state index contributed by atoms with van der Waals surface area (Å²) in [6.07, 6.45) is 9.85. The molecule has 0 bridgehead atoms. The SMILES string of the molecule is CCCCCCn1cc(C2CCN(CCOc3ccccc3C(=O)O)CC2)c2ccccc21. The zero-order chi connectivity index (χ0) is 23.0. The summed E-state index contributed by atoms with van der Waals surface area (Å²) in [5.74, 6) is 0.0965. The Bertz CT molecular complexity index is 1050. The number of likely N-dealkylation sites (tertiary alicyclic amines) is 1. The molecule has 1 aromatic heterocycles. The third-order valence-electron chi connectivity index (χ3n) is 6.88. The lowest BCUT2D eigenvalue weighted by molar-refractivity contribution is 0.0691. The minimum Gasteiger partial charge on any atom is -0.491 e. The molecule has 2 heterocycles. The number of fused-ring (bicyclic) bond motifs is 1. The van der Waals surface area contributed by atoms with Crippen molar-refractivity contribution in [1.82, 2.24) is 9.47 Å². The molecule has 1 aliphatic rings. The number of unbranched alkanes of at least 4 members (excludes halogenated alkanes) is 3. The normalized spacial score (nSPS) is 15.2. The Hall–Kier alpha value is -2.79. The maximum atomic E-state index is 11.3. The van der Waals surface area contributed by atoms with E-state index < -0.39 is 5.97 Å². The van der Waals surface area contributed by atoms with E-state index in [9.17, 15) is 9.90 Å². The summed E-state index contributed by atoms with van der Waals surface area (Å²) >= 11 is 0. The molecule has 0 aliphatic carbocycles. The second kappa shape index (κ2) is 11.4. The largest absolute Gasteiger partial charge is 0.491 e. The highest BCUT2D eigenvalue weighted by atomic mass is 16.5. The number of rotatable bonds is 11. The van der Waals surface area contributed by atoms with Crippen LogP contribution in [0.1, 0.15) is 67.3 Å². The van der Waals surface area contributed by atoms with Crippen molar-refractivity contribution in [3.63, 3.8) is 0 Å². The molecule has 4 rings (SSSR count). The zero-order valence-electron chi connectivity index (χ0n) is 19.7. The van der Waals surface area contributed by atoms with Gasteiger partial charge < -0.3 is 14.4 Å². The summed E-state index contributed by atoms with van der Waals surface area (Å²) in [7, 11) is 0. The van der Waals surface area contributed by atoms with Crippen LogP contribution in [-0.2, 0) is 6.54 Å². The van der Waals surface area contributed by atoms with E-state index in [1.807, 2.05) is 6.07 Å². The second-order valence-corrected chi connectivity index (χ2v) is 9.12. The van der Waals surface area contributed by atoms with Crippen molar-refractivity contribution in [2.24, 2.45) is 0 Å². The molecule has 0 unspecified atom stereocenters. The Morgan fingerprint density at radius 1 is 1.00 bits per heavy atom. The van der Waals surface area contributed by atoms with Crippen LogP contribution < -0.4 is 4.74 Å². The Balaban J connectivity index is 1.32. The smallest absolute Gasteiger partial charge is 0.339 e. The molecule has 0 amide bonds. The van der Waals surface area contributed by atoms with Crippen LogP contribution in [0.5, 0.6) is 5.75 Å². The maximum absolute atomic E-state index is 11.3. The van der Waals surface area contributed by atoms with Crippen molar-refractivity contribution in [1.29, 1.82) is 0 Å². The van der Waals surface area contributed by atoms with E-state index in [0.717, 1.165) is 39.0 Å². The molecule has 5 nitrogen and oxygen atoms in total. The van der Waals surface area contributed by atoms with Crippen molar-refractivity contribution < 1.29 is 14.6 Å². The summed E-state index contributed by atoms with van der Waals surface area (Å²) in [5, 5.41) is 10.7. The summed E-state index contributed by atoms with van der Waals surface area (Å²) in [4.78, 5) is 13.8. The number of benzene rings is 2. The van der Waals surface area contributed by atoms with Crippen molar-refractivity contribution in [3.8, 4) is 5.75 Å². The van der Waals surface area contributed by atoms with Crippen molar-refractivity contribution >= 4 is 16.9 Å². The Morgan fingerprint density at radius 3 is 2.55 bits per heavy atom. The topological polar surface area (TPSA) is 54.7 Å². The molecule has 5 heteroatoms. The number of hydrogen-bond donors (Lipinski definition) is 1. The minimum atomic E-state index is -0.948. The number of ether oxygens (including phenoxy) is 1. The van der Waals surface area contributed by atoms with Crippen LogP contribution in [0.4, 0.5) is 0 Å². The fraction of sp³-hybridized carbons (Fsp3) is 0.464. The Morgan fingerprint density at radius 2 is 1.76 bits per heavy atom.